The molecule has 0 aliphatic heterocycles. The van der Waals surface area contributed by atoms with Crippen LogP contribution in [0.3, 0.4) is 0 Å². The molecule has 0 aliphatic rings. The molecule has 0 aromatic heterocycles. The number of amides is 1. The zero-order valence-electron chi connectivity index (χ0n) is 15.4. The average molecular weight is 389 g/mol. The first-order chi connectivity index (χ1) is 11.1. The van der Waals surface area contributed by atoms with Crippen LogP contribution in [0.4, 0.5) is 4.79 Å². The van der Waals surface area contributed by atoms with E-state index < -0.39 is 25.7 Å². The molecule has 2 unspecified atom stereocenters. The summed E-state index contributed by atoms with van der Waals surface area (Å²) in [7, 11) is -3.10. The van der Waals surface area contributed by atoms with E-state index in [-0.39, 0.29) is 54.1 Å². The number of ether oxygens (including phenoxy) is 2. The van der Waals surface area contributed by atoms with Gasteiger partial charge in [-0.15, -0.1) is 0 Å². The Labute approximate surface area is 173 Å². The van der Waals surface area contributed by atoms with Gasteiger partial charge in [-0.05, 0) is 12.8 Å². The molecular formula is C16H33NNaO6P. The number of hydrogen-bond acceptors (Lipinski definition) is 5. The monoisotopic (exact) mass is 389 g/mol. The number of carbonyl (C=O) groups is 2. The van der Waals surface area contributed by atoms with E-state index in [4.69, 9.17) is 9.47 Å². The van der Waals surface area contributed by atoms with Crippen LogP contribution >= 0.6 is 7.37 Å². The average Bonchev–Trinajstić information content (AvgIpc) is 2.48. The van der Waals surface area contributed by atoms with E-state index in [1.807, 2.05) is 6.92 Å². The van der Waals surface area contributed by atoms with Crippen LogP contribution in [0.1, 0.15) is 53.9 Å². The van der Waals surface area contributed by atoms with Crippen molar-refractivity contribution in [2.45, 2.75) is 60.2 Å². The van der Waals surface area contributed by atoms with Crippen molar-refractivity contribution in [2.75, 3.05) is 18.9 Å². The fourth-order valence-electron chi connectivity index (χ4n) is 1.73. The number of alkyl carbamates (subject to hydrolysis) is 1. The van der Waals surface area contributed by atoms with Gasteiger partial charge < -0.3 is 19.7 Å². The van der Waals surface area contributed by atoms with Crippen LogP contribution < -0.4 is 5.32 Å². The molecule has 2 atom stereocenters. The van der Waals surface area contributed by atoms with Crippen molar-refractivity contribution >= 4 is 49.0 Å². The normalized spacial score (nSPS) is 14.4. The summed E-state index contributed by atoms with van der Waals surface area (Å²) < 4.78 is 22.1. The number of rotatable bonds is 11. The fraction of sp³-hybridized carbons (Fsp3) is 0.875. The molecule has 0 aliphatic carbocycles. The minimum atomic E-state index is -3.10. The Bertz CT molecular complexity index is 444. The second kappa shape index (κ2) is 14.0. The van der Waals surface area contributed by atoms with Crippen LogP contribution in [0.2, 0.25) is 0 Å². The van der Waals surface area contributed by atoms with Crippen LogP contribution in [0.5, 0.6) is 0 Å². The molecule has 0 saturated carbocycles. The van der Waals surface area contributed by atoms with Crippen molar-refractivity contribution in [2.24, 2.45) is 11.8 Å². The van der Waals surface area contributed by atoms with Gasteiger partial charge in [0, 0.05) is 24.8 Å². The van der Waals surface area contributed by atoms with Crippen molar-refractivity contribution in [1.82, 2.24) is 5.32 Å². The summed E-state index contributed by atoms with van der Waals surface area (Å²) in [6, 6.07) is 0. The first-order valence-corrected chi connectivity index (χ1v) is 10.6. The Morgan fingerprint density at radius 3 is 2.12 bits per heavy atom. The predicted octanol–water partition coefficient (Wildman–Crippen LogP) is 2.71. The van der Waals surface area contributed by atoms with Crippen molar-refractivity contribution in [1.29, 1.82) is 0 Å². The molecule has 0 aromatic rings. The third-order valence-corrected chi connectivity index (χ3v) is 5.32. The van der Waals surface area contributed by atoms with E-state index in [2.05, 4.69) is 5.32 Å². The van der Waals surface area contributed by atoms with Crippen molar-refractivity contribution in [3.63, 3.8) is 0 Å². The molecule has 9 heteroatoms. The predicted molar refractivity (Wildman–Crippen MR) is 100 cm³/mol. The van der Waals surface area contributed by atoms with Gasteiger partial charge in [0.15, 0.2) is 0 Å². The van der Waals surface area contributed by atoms with Gasteiger partial charge in [-0.3, -0.25) is 9.36 Å². The molecule has 144 valence electrons. The van der Waals surface area contributed by atoms with Crippen LogP contribution in [0, 0.1) is 11.8 Å². The van der Waals surface area contributed by atoms with Crippen LogP contribution in [-0.2, 0) is 18.8 Å². The zero-order chi connectivity index (χ0) is 18.8. The maximum atomic E-state index is 11.8. The van der Waals surface area contributed by atoms with Gasteiger partial charge in [0.05, 0.1) is 5.92 Å². The van der Waals surface area contributed by atoms with Gasteiger partial charge in [0.1, 0.15) is 0 Å². The first-order valence-electron chi connectivity index (χ1n) is 8.55. The first kappa shape index (κ1) is 27.2. The van der Waals surface area contributed by atoms with Gasteiger partial charge in [0.2, 0.25) is 7.37 Å². The van der Waals surface area contributed by atoms with E-state index in [1.165, 1.54) is 0 Å². The molecular weight excluding hydrogens is 356 g/mol. The number of nitrogens with one attached hydrogen (secondary N) is 1. The van der Waals surface area contributed by atoms with Gasteiger partial charge in [0.25, 0.3) is 6.29 Å². The van der Waals surface area contributed by atoms with Crippen LogP contribution in [0.25, 0.3) is 0 Å². The number of hydrogen-bond donors (Lipinski definition) is 2. The summed E-state index contributed by atoms with van der Waals surface area (Å²) in [6.45, 7) is 9.16. The number of carbonyl (C=O) groups excluding carboxylic acids is 2. The second-order valence-corrected chi connectivity index (χ2v) is 9.12. The third kappa shape index (κ3) is 13.8. The van der Waals surface area contributed by atoms with Gasteiger partial charge in [-0.2, -0.15) is 0 Å². The van der Waals surface area contributed by atoms with Gasteiger partial charge in [-0.1, -0.05) is 41.0 Å². The van der Waals surface area contributed by atoms with E-state index in [0.29, 0.717) is 12.6 Å². The summed E-state index contributed by atoms with van der Waals surface area (Å²) in [4.78, 5) is 33.1. The van der Waals surface area contributed by atoms with Crippen molar-refractivity contribution in [3.05, 3.63) is 0 Å². The standard InChI is InChI=1S/C16H32NO6P.Na.H/c1-6-7-10-24(20,21)11-8-9-17-16(19)23-15(13(4)5)22-14(18)12(2)3;;/h12-13,15H,6-11H2,1-5H3,(H,17,19)(H,20,21);;. The van der Waals surface area contributed by atoms with Crippen LogP contribution in [0.15, 0.2) is 0 Å². The van der Waals surface area contributed by atoms with Crippen molar-refractivity contribution in [3.8, 4) is 0 Å². The van der Waals surface area contributed by atoms with E-state index in [0.717, 1.165) is 12.8 Å². The molecule has 1 amide bonds. The molecule has 0 fully saturated rings. The molecule has 0 radical (unpaired) electrons. The third-order valence-electron chi connectivity index (χ3n) is 3.29. The Balaban J connectivity index is 0. The van der Waals surface area contributed by atoms with E-state index in [9.17, 15) is 19.0 Å². The van der Waals surface area contributed by atoms with E-state index >= 15 is 0 Å². The molecule has 0 heterocycles. The summed E-state index contributed by atoms with van der Waals surface area (Å²) in [5.74, 6) is -0.913. The van der Waals surface area contributed by atoms with Gasteiger partial charge in [-0.25, -0.2) is 4.79 Å². The molecule has 0 aromatic carbocycles. The topological polar surface area (TPSA) is 102 Å². The summed E-state index contributed by atoms with van der Waals surface area (Å²) in [5, 5.41) is 2.51. The molecule has 0 bridgehead atoms. The van der Waals surface area contributed by atoms with E-state index in [1.54, 1.807) is 27.7 Å². The molecule has 0 saturated heterocycles. The summed E-state index contributed by atoms with van der Waals surface area (Å²) in [5.41, 5.74) is 0. The van der Waals surface area contributed by atoms with Gasteiger partial charge >= 0.3 is 41.6 Å². The number of esters is 1. The summed E-state index contributed by atoms with van der Waals surface area (Å²) >= 11 is 0. The molecule has 7 nitrogen and oxygen atoms in total. The molecule has 0 spiro atoms. The van der Waals surface area contributed by atoms with Crippen molar-refractivity contribution < 1.29 is 28.5 Å². The quantitative estimate of drug-likeness (QED) is 0.185. The van der Waals surface area contributed by atoms with Crippen LogP contribution in [-0.4, -0.2) is 71.7 Å². The fourth-order valence-corrected chi connectivity index (χ4v) is 3.41. The Morgan fingerprint density at radius 1 is 1.08 bits per heavy atom. The molecule has 2 N–H and O–H groups in total. The maximum absolute atomic E-state index is 11.8. The Morgan fingerprint density at radius 2 is 1.64 bits per heavy atom. The SMILES string of the molecule is CCCCP(=O)(O)CCCNC(=O)OC(OC(=O)C(C)C)C(C)C.[NaH]. The molecule has 0 rings (SSSR count). The number of unbranched alkanes of at least 4 members (excludes halogenated alkanes) is 1. The summed E-state index contributed by atoms with van der Waals surface area (Å²) in [6.07, 6.45) is 0.823. The second-order valence-electron chi connectivity index (χ2n) is 6.54. The molecule has 25 heavy (non-hydrogen) atoms. The Kier molecular flexibility index (Phi) is 15.3. The Hall–Kier alpha value is -0.0700. The zero-order valence-corrected chi connectivity index (χ0v) is 16.3. The minimum absolute atomic E-state index is 0.